The summed E-state index contributed by atoms with van der Waals surface area (Å²) < 4.78 is 0. The van der Waals surface area contributed by atoms with Gasteiger partial charge >= 0.3 is 0 Å². The fourth-order valence-corrected chi connectivity index (χ4v) is 3.99. The number of rotatable bonds is 4. The Balaban J connectivity index is 1.68. The molecule has 6 nitrogen and oxygen atoms in total. The highest BCUT2D eigenvalue weighted by atomic mass is 16.1. The summed E-state index contributed by atoms with van der Waals surface area (Å²) >= 11 is 0. The number of nitrogens with zero attached hydrogens (tertiary/aromatic N) is 3. The second-order valence-electron chi connectivity index (χ2n) is 7.72. The third-order valence-electron chi connectivity index (χ3n) is 5.67. The number of amides is 1. The number of anilines is 1. The monoisotopic (exact) mass is 402 g/mol. The smallest absolute Gasteiger partial charge is 0.258 e. The third-order valence-corrected chi connectivity index (χ3v) is 5.67. The van der Waals surface area contributed by atoms with Crippen LogP contribution >= 0.6 is 0 Å². The van der Waals surface area contributed by atoms with Gasteiger partial charge in [-0.15, -0.1) is 0 Å². The molecule has 1 amide bonds. The minimum atomic E-state index is -0.118. The summed E-state index contributed by atoms with van der Waals surface area (Å²) in [5.74, 6) is 0. The van der Waals surface area contributed by atoms with Gasteiger partial charge in [0.25, 0.3) is 5.56 Å². The lowest BCUT2D eigenvalue weighted by molar-refractivity contribution is -0.117. The summed E-state index contributed by atoms with van der Waals surface area (Å²) in [7, 11) is 0. The van der Waals surface area contributed by atoms with E-state index in [4.69, 9.17) is 4.99 Å². The minimum Gasteiger partial charge on any atom is -0.370 e. The summed E-state index contributed by atoms with van der Waals surface area (Å²) in [6, 6.07) is 15.9. The number of nitrogens with one attached hydrogen (secondary N) is 1. The zero-order valence-electron chi connectivity index (χ0n) is 17.4. The predicted octanol–water partition coefficient (Wildman–Crippen LogP) is 3.60. The molecule has 1 N–H and O–H groups in total. The van der Waals surface area contributed by atoms with Crippen LogP contribution < -0.4 is 10.5 Å². The highest BCUT2D eigenvalue weighted by molar-refractivity contribution is 6.05. The Bertz CT molecular complexity index is 1120. The largest absolute Gasteiger partial charge is 0.370 e. The standard InChI is InChI=1S/C24H26N4O2/c1-17-9-10-19(28-12-6-11-27(16-29)13-14-28)15-22(17)25-18(2)23-20-7-4-3-5-8-21(20)26-24(23)30/h3-5,7-10,15-16H,6,11-14H2,1-2H3,(H,26,30)/b25-18+. The maximum atomic E-state index is 12.6. The number of fused-ring (bicyclic) bond motifs is 1. The average Bonchev–Trinajstić information content (AvgIpc) is 2.93. The molecule has 1 aromatic carbocycles. The lowest BCUT2D eigenvalue weighted by Crippen LogP contribution is -2.29. The lowest BCUT2D eigenvalue weighted by atomic mass is 10.1. The molecule has 154 valence electrons. The van der Waals surface area contributed by atoms with Crippen molar-refractivity contribution in [2.45, 2.75) is 20.3 Å². The topological polar surface area (TPSA) is 68.8 Å². The van der Waals surface area contributed by atoms with Gasteiger partial charge in [-0.3, -0.25) is 14.6 Å². The van der Waals surface area contributed by atoms with Crippen LogP contribution in [0.4, 0.5) is 11.4 Å². The molecule has 0 atom stereocenters. The van der Waals surface area contributed by atoms with E-state index in [1.54, 1.807) is 0 Å². The second-order valence-corrected chi connectivity index (χ2v) is 7.72. The number of hydrogen-bond acceptors (Lipinski definition) is 4. The van der Waals surface area contributed by atoms with Gasteiger partial charge in [0, 0.05) is 43.1 Å². The molecule has 0 saturated carbocycles. The van der Waals surface area contributed by atoms with Crippen LogP contribution in [0.1, 0.15) is 24.5 Å². The zero-order chi connectivity index (χ0) is 21.1. The van der Waals surface area contributed by atoms with Gasteiger partial charge in [0.1, 0.15) is 0 Å². The molecular formula is C24H26N4O2. The number of aryl methyl sites for hydroxylation is 1. The van der Waals surface area contributed by atoms with Crippen LogP contribution in [0.5, 0.6) is 0 Å². The highest BCUT2D eigenvalue weighted by Gasteiger charge is 2.18. The Kier molecular flexibility index (Phi) is 5.65. The number of carbonyl (C=O) groups excluding carboxylic acids is 1. The molecule has 1 aromatic rings. The van der Waals surface area contributed by atoms with Crippen LogP contribution in [-0.4, -0.2) is 48.2 Å². The first-order valence-electron chi connectivity index (χ1n) is 10.3. The van der Waals surface area contributed by atoms with E-state index in [0.717, 1.165) is 67.2 Å². The fourth-order valence-electron chi connectivity index (χ4n) is 3.99. The Morgan fingerprint density at radius 2 is 1.90 bits per heavy atom. The van der Waals surface area contributed by atoms with Crippen molar-refractivity contribution >= 4 is 23.5 Å². The van der Waals surface area contributed by atoms with Gasteiger partial charge in [0.05, 0.1) is 17.0 Å². The van der Waals surface area contributed by atoms with Crippen LogP contribution in [0.25, 0.3) is 11.3 Å². The number of aromatic nitrogens is 1. The molecule has 4 rings (SSSR count). The molecule has 3 aliphatic rings. The van der Waals surface area contributed by atoms with E-state index in [9.17, 15) is 9.59 Å². The van der Waals surface area contributed by atoms with Crippen LogP contribution in [-0.2, 0) is 4.79 Å². The van der Waals surface area contributed by atoms with E-state index in [-0.39, 0.29) is 5.56 Å². The van der Waals surface area contributed by atoms with Crippen LogP contribution in [0.2, 0.25) is 0 Å². The Morgan fingerprint density at radius 3 is 2.73 bits per heavy atom. The van der Waals surface area contributed by atoms with Crippen molar-refractivity contribution < 1.29 is 4.79 Å². The van der Waals surface area contributed by atoms with Gasteiger partial charge in [0.2, 0.25) is 6.41 Å². The SMILES string of the molecule is C/C(=N\c1cc(N2CCCN(C=O)CC2)ccc1C)c1c2cccccc-2[nH]c1=O. The molecule has 0 unspecified atom stereocenters. The van der Waals surface area contributed by atoms with E-state index in [1.165, 1.54) is 0 Å². The van der Waals surface area contributed by atoms with Gasteiger partial charge < -0.3 is 14.8 Å². The predicted molar refractivity (Wildman–Crippen MR) is 121 cm³/mol. The summed E-state index contributed by atoms with van der Waals surface area (Å²) in [5.41, 5.74) is 5.88. The molecule has 2 aliphatic heterocycles. The van der Waals surface area contributed by atoms with Crippen LogP contribution in [0.15, 0.2) is 58.3 Å². The molecule has 0 bridgehead atoms. The Hall–Kier alpha value is -3.41. The van der Waals surface area contributed by atoms with Gasteiger partial charge in [-0.25, -0.2) is 0 Å². The van der Waals surface area contributed by atoms with E-state index in [2.05, 4.69) is 28.1 Å². The van der Waals surface area contributed by atoms with Gasteiger partial charge in [-0.1, -0.05) is 30.3 Å². The van der Waals surface area contributed by atoms with Crippen molar-refractivity contribution in [3.05, 3.63) is 70.0 Å². The molecule has 30 heavy (non-hydrogen) atoms. The Morgan fingerprint density at radius 1 is 1.07 bits per heavy atom. The first-order valence-corrected chi connectivity index (χ1v) is 10.3. The number of aliphatic imine (C=N–C) groups is 1. The molecular weight excluding hydrogens is 376 g/mol. The maximum Gasteiger partial charge on any atom is 0.258 e. The number of carbonyl (C=O) groups is 1. The molecule has 0 radical (unpaired) electrons. The van der Waals surface area contributed by atoms with Crippen molar-refractivity contribution in [3.8, 4) is 11.3 Å². The van der Waals surface area contributed by atoms with E-state index < -0.39 is 0 Å². The van der Waals surface area contributed by atoms with Crippen molar-refractivity contribution in [3.63, 3.8) is 0 Å². The minimum absolute atomic E-state index is 0.118. The summed E-state index contributed by atoms with van der Waals surface area (Å²) in [4.78, 5) is 35.6. The van der Waals surface area contributed by atoms with Gasteiger partial charge in [0.15, 0.2) is 0 Å². The normalized spacial score (nSPS) is 15.3. The summed E-state index contributed by atoms with van der Waals surface area (Å²) in [6.07, 6.45) is 1.87. The van der Waals surface area contributed by atoms with Crippen LogP contribution in [0.3, 0.4) is 0 Å². The number of hydrogen-bond donors (Lipinski definition) is 1. The van der Waals surface area contributed by atoms with Gasteiger partial charge in [-0.2, -0.15) is 0 Å². The van der Waals surface area contributed by atoms with Crippen molar-refractivity contribution in [2.24, 2.45) is 4.99 Å². The second kappa shape index (κ2) is 8.53. The van der Waals surface area contributed by atoms with E-state index in [0.29, 0.717) is 11.3 Å². The molecule has 0 aromatic heterocycles. The zero-order valence-corrected chi connectivity index (χ0v) is 17.4. The van der Waals surface area contributed by atoms with E-state index >= 15 is 0 Å². The summed E-state index contributed by atoms with van der Waals surface area (Å²) in [5, 5.41) is 0. The van der Waals surface area contributed by atoms with E-state index in [1.807, 2.05) is 49.1 Å². The number of benzene rings is 1. The lowest BCUT2D eigenvalue weighted by Gasteiger charge is -2.23. The third kappa shape index (κ3) is 3.99. The highest BCUT2D eigenvalue weighted by Crippen LogP contribution is 2.28. The molecule has 2 heterocycles. The number of H-pyrrole nitrogens is 1. The van der Waals surface area contributed by atoms with Crippen molar-refractivity contribution in [1.82, 2.24) is 9.88 Å². The van der Waals surface area contributed by atoms with Crippen molar-refractivity contribution in [1.29, 1.82) is 0 Å². The average molecular weight is 402 g/mol. The molecule has 1 saturated heterocycles. The molecule has 6 heteroatoms. The molecule has 1 aliphatic carbocycles. The number of aromatic amines is 1. The quantitative estimate of drug-likeness (QED) is 0.536. The first-order chi connectivity index (χ1) is 14.6. The Labute approximate surface area is 176 Å². The van der Waals surface area contributed by atoms with Crippen LogP contribution in [0, 0.1) is 6.92 Å². The molecule has 0 spiro atoms. The summed E-state index contributed by atoms with van der Waals surface area (Å²) in [6.45, 7) is 7.13. The van der Waals surface area contributed by atoms with Crippen molar-refractivity contribution in [2.75, 3.05) is 31.1 Å². The first kappa shape index (κ1) is 19.9. The maximum absolute atomic E-state index is 12.6. The fraction of sp³-hybridized carbons (Fsp3) is 0.292. The molecule has 1 fully saturated rings. The van der Waals surface area contributed by atoms with Gasteiger partial charge in [-0.05, 0) is 44.0 Å².